The number of nitrogens with one attached hydrogen (secondary N) is 2. The van der Waals surface area contributed by atoms with Crippen LogP contribution in [0.2, 0.25) is 0 Å². The molecule has 0 bridgehead atoms. The van der Waals surface area contributed by atoms with E-state index < -0.39 is 0 Å². The van der Waals surface area contributed by atoms with Gasteiger partial charge in [0.15, 0.2) is 0 Å². The van der Waals surface area contributed by atoms with Crippen LogP contribution in [0.15, 0.2) is 24.3 Å². The molecule has 27 heavy (non-hydrogen) atoms. The Bertz CT molecular complexity index is 733. The number of carbonyl (C=O) groups excluding carboxylic acids is 3. The van der Waals surface area contributed by atoms with Crippen LogP contribution in [-0.2, 0) is 14.4 Å². The Balaban J connectivity index is 1.63. The van der Waals surface area contributed by atoms with Gasteiger partial charge in [-0.2, -0.15) is 0 Å². The molecule has 2 N–H and O–H groups in total. The highest BCUT2D eigenvalue weighted by atomic mass is 16.2. The highest BCUT2D eigenvalue weighted by molar-refractivity contribution is 5.98. The van der Waals surface area contributed by atoms with E-state index in [2.05, 4.69) is 24.5 Å². The molecule has 2 fully saturated rings. The summed E-state index contributed by atoms with van der Waals surface area (Å²) in [5.41, 5.74) is 1.26. The van der Waals surface area contributed by atoms with Crippen molar-refractivity contribution in [2.45, 2.75) is 52.5 Å². The molecule has 146 valence electrons. The molecule has 3 amide bonds. The van der Waals surface area contributed by atoms with Crippen molar-refractivity contribution >= 4 is 29.1 Å². The van der Waals surface area contributed by atoms with E-state index in [1.165, 1.54) is 13.3 Å². The quantitative estimate of drug-likeness (QED) is 0.853. The maximum atomic E-state index is 12.7. The van der Waals surface area contributed by atoms with Crippen molar-refractivity contribution in [2.75, 3.05) is 17.2 Å². The van der Waals surface area contributed by atoms with Gasteiger partial charge in [-0.25, -0.2) is 0 Å². The van der Waals surface area contributed by atoms with E-state index in [4.69, 9.17) is 0 Å². The Morgan fingerprint density at radius 1 is 1.11 bits per heavy atom. The zero-order valence-electron chi connectivity index (χ0n) is 16.3. The lowest BCUT2D eigenvalue weighted by Gasteiger charge is -2.40. The molecular weight excluding hydrogens is 342 g/mol. The summed E-state index contributed by atoms with van der Waals surface area (Å²) in [5, 5.41) is 5.59. The largest absolute Gasteiger partial charge is 0.339 e. The Morgan fingerprint density at radius 2 is 1.81 bits per heavy atom. The fourth-order valence-electron chi connectivity index (χ4n) is 4.34. The standard InChI is InChI=1S/C21H29N3O3/c1-13-6-4-9-19(14(13)2)24-12-16(10-20(24)26)21(27)23-18-8-5-7-17(11-18)22-15(3)25/h5,7-8,11,13-14,16,19H,4,6,9-10,12H2,1-3H3,(H,22,25)(H,23,27)/t13-,14+,16-,19-/m1/s1. The monoisotopic (exact) mass is 371 g/mol. The van der Waals surface area contributed by atoms with Crippen molar-refractivity contribution in [1.82, 2.24) is 4.90 Å². The Labute approximate surface area is 160 Å². The van der Waals surface area contributed by atoms with Gasteiger partial charge in [0.25, 0.3) is 0 Å². The van der Waals surface area contributed by atoms with Crippen molar-refractivity contribution in [3.63, 3.8) is 0 Å². The maximum Gasteiger partial charge on any atom is 0.229 e. The lowest BCUT2D eigenvalue weighted by molar-refractivity contribution is -0.131. The van der Waals surface area contributed by atoms with Crippen molar-refractivity contribution in [2.24, 2.45) is 17.8 Å². The highest BCUT2D eigenvalue weighted by Gasteiger charge is 2.41. The number of likely N-dealkylation sites (tertiary alicyclic amines) is 1. The van der Waals surface area contributed by atoms with E-state index >= 15 is 0 Å². The van der Waals surface area contributed by atoms with Gasteiger partial charge in [-0.15, -0.1) is 0 Å². The van der Waals surface area contributed by atoms with Crippen LogP contribution < -0.4 is 10.6 Å². The van der Waals surface area contributed by atoms with Gasteiger partial charge in [-0.3, -0.25) is 14.4 Å². The van der Waals surface area contributed by atoms with Gasteiger partial charge in [0.2, 0.25) is 17.7 Å². The second-order valence-electron chi connectivity index (χ2n) is 8.03. The number of carbonyl (C=O) groups is 3. The van der Waals surface area contributed by atoms with Crippen LogP contribution in [-0.4, -0.2) is 35.2 Å². The van der Waals surface area contributed by atoms with Gasteiger partial charge in [0.1, 0.15) is 0 Å². The number of amides is 3. The van der Waals surface area contributed by atoms with E-state index in [1.54, 1.807) is 24.3 Å². The lowest BCUT2D eigenvalue weighted by atomic mass is 9.77. The summed E-state index contributed by atoms with van der Waals surface area (Å²) in [4.78, 5) is 38.4. The molecule has 1 aliphatic heterocycles. The van der Waals surface area contributed by atoms with Crippen LogP contribution in [0.1, 0.15) is 46.5 Å². The summed E-state index contributed by atoms with van der Waals surface area (Å²) in [6.45, 7) is 6.42. The van der Waals surface area contributed by atoms with Crippen molar-refractivity contribution in [3.8, 4) is 0 Å². The maximum absolute atomic E-state index is 12.7. The molecule has 0 radical (unpaired) electrons. The van der Waals surface area contributed by atoms with E-state index in [9.17, 15) is 14.4 Å². The Kier molecular flexibility index (Phi) is 5.82. The Morgan fingerprint density at radius 3 is 2.52 bits per heavy atom. The first-order chi connectivity index (χ1) is 12.8. The first-order valence-electron chi connectivity index (χ1n) is 9.83. The SMILES string of the molecule is CC(=O)Nc1cccc(NC(=O)[C@@H]2CC(=O)N([C@@H]3CCC[C@@H](C)[C@@H]3C)C2)c1. The van der Waals surface area contributed by atoms with E-state index in [1.807, 2.05) is 4.90 Å². The van der Waals surface area contributed by atoms with Gasteiger partial charge in [-0.05, 0) is 36.5 Å². The summed E-state index contributed by atoms with van der Waals surface area (Å²) in [6.07, 6.45) is 3.67. The number of benzene rings is 1. The van der Waals surface area contributed by atoms with Gasteiger partial charge in [0, 0.05) is 37.3 Å². The van der Waals surface area contributed by atoms with Gasteiger partial charge >= 0.3 is 0 Å². The lowest BCUT2D eigenvalue weighted by Crippen LogP contribution is -2.45. The third-order valence-electron chi connectivity index (χ3n) is 6.04. The second kappa shape index (κ2) is 8.11. The highest BCUT2D eigenvalue weighted by Crippen LogP contribution is 2.36. The molecule has 1 saturated heterocycles. The molecule has 2 aliphatic rings. The summed E-state index contributed by atoms with van der Waals surface area (Å²) in [6, 6.07) is 7.30. The minimum Gasteiger partial charge on any atom is -0.339 e. The van der Waals surface area contributed by atoms with Crippen LogP contribution in [0.4, 0.5) is 11.4 Å². The third-order valence-corrected chi connectivity index (χ3v) is 6.04. The number of hydrogen-bond acceptors (Lipinski definition) is 3. The summed E-state index contributed by atoms with van der Waals surface area (Å²) in [7, 11) is 0. The van der Waals surface area contributed by atoms with Crippen molar-refractivity contribution < 1.29 is 14.4 Å². The number of rotatable bonds is 4. The normalized spacial score (nSPS) is 28.1. The molecule has 3 rings (SSSR count). The van der Waals surface area contributed by atoms with Crippen molar-refractivity contribution in [3.05, 3.63) is 24.3 Å². The zero-order chi connectivity index (χ0) is 19.6. The zero-order valence-corrected chi connectivity index (χ0v) is 16.3. The molecule has 0 unspecified atom stereocenters. The molecule has 1 aromatic rings. The predicted molar refractivity (Wildman–Crippen MR) is 105 cm³/mol. The van der Waals surface area contributed by atoms with Crippen LogP contribution >= 0.6 is 0 Å². The predicted octanol–water partition coefficient (Wildman–Crippen LogP) is 3.26. The van der Waals surface area contributed by atoms with Gasteiger partial charge in [0.05, 0.1) is 5.92 Å². The minimum absolute atomic E-state index is 0.0908. The van der Waals surface area contributed by atoms with Crippen LogP contribution in [0, 0.1) is 17.8 Å². The first kappa shape index (κ1) is 19.4. The molecule has 0 spiro atoms. The number of hydrogen-bond donors (Lipinski definition) is 2. The molecule has 0 aromatic heterocycles. The summed E-state index contributed by atoms with van der Waals surface area (Å²) in [5.74, 6) is 0.549. The molecule has 1 aromatic carbocycles. The van der Waals surface area contributed by atoms with Crippen LogP contribution in [0.5, 0.6) is 0 Å². The smallest absolute Gasteiger partial charge is 0.229 e. The molecule has 1 saturated carbocycles. The van der Waals surface area contributed by atoms with Gasteiger partial charge in [-0.1, -0.05) is 32.8 Å². The molecule has 6 nitrogen and oxygen atoms in total. The summed E-state index contributed by atoms with van der Waals surface area (Å²) < 4.78 is 0. The average Bonchev–Trinajstić information content (AvgIpc) is 2.99. The molecule has 6 heteroatoms. The molecular formula is C21H29N3O3. The van der Waals surface area contributed by atoms with E-state index in [-0.39, 0.29) is 36.1 Å². The number of anilines is 2. The fourth-order valence-corrected chi connectivity index (χ4v) is 4.34. The minimum atomic E-state index is -0.327. The first-order valence-corrected chi connectivity index (χ1v) is 9.83. The average molecular weight is 371 g/mol. The number of nitrogens with zero attached hydrogens (tertiary/aromatic N) is 1. The Hall–Kier alpha value is -2.37. The topological polar surface area (TPSA) is 78.5 Å². The summed E-state index contributed by atoms with van der Waals surface area (Å²) >= 11 is 0. The van der Waals surface area contributed by atoms with E-state index in [0.29, 0.717) is 29.8 Å². The molecule has 1 heterocycles. The van der Waals surface area contributed by atoms with Gasteiger partial charge < -0.3 is 15.5 Å². The van der Waals surface area contributed by atoms with E-state index in [0.717, 1.165) is 12.8 Å². The fraction of sp³-hybridized carbons (Fsp3) is 0.571. The molecule has 1 aliphatic carbocycles. The third kappa shape index (κ3) is 4.49. The van der Waals surface area contributed by atoms with Crippen molar-refractivity contribution in [1.29, 1.82) is 0 Å². The van der Waals surface area contributed by atoms with Crippen LogP contribution in [0.25, 0.3) is 0 Å². The van der Waals surface area contributed by atoms with Crippen LogP contribution in [0.3, 0.4) is 0 Å². The molecule has 4 atom stereocenters. The second-order valence-corrected chi connectivity index (χ2v) is 8.03.